The maximum absolute atomic E-state index is 13.6. The zero-order valence-corrected chi connectivity index (χ0v) is 23.0. The first-order valence-corrected chi connectivity index (χ1v) is 14.5. The van der Waals surface area contributed by atoms with Crippen molar-refractivity contribution in [2.45, 2.75) is 57.0 Å². The number of amides is 2. The average molecular weight is 563 g/mol. The molecule has 0 saturated carbocycles. The number of likely N-dealkylation sites (tertiary alicyclic amines) is 1. The van der Waals surface area contributed by atoms with E-state index in [0.717, 1.165) is 11.1 Å². The first-order chi connectivity index (χ1) is 18.1. The van der Waals surface area contributed by atoms with E-state index in [4.69, 9.17) is 23.1 Å². The van der Waals surface area contributed by atoms with Gasteiger partial charge < -0.3 is 21.7 Å². The Morgan fingerprint density at radius 1 is 1.18 bits per heavy atom. The number of rotatable bonds is 12. The van der Waals surface area contributed by atoms with Gasteiger partial charge in [0.25, 0.3) is 0 Å². The number of aryl methyl sites for hydroxylation is 1. The van der Waals surface area contributed by atoms with E-state index in [1.54, 1.807) is 42.5 Å². The molecular formula is C26H35ClN6O4S. The molecule has 2 atom stereocenters. The fourth-order valence-electron chi connectivity index (χ4n) is 4.42. The third kappa shape index (κ3) is 8.71. The highest BCUT2D eigenvalue weighted by molar-refractivity contribution is 7.88. The van der Waals surface area contributed by atoms with Crippen molar-refractivity contribution in [1.82, 2.24) is 14.9 Å². The summed E-state index contributed by atoms with van der Waals surface area (Å²) in [6.07, 6.45) is 1.68. The fourth-order valence-corrected chi connectivity index (χ4v) is 5.98. The summed E-state index contributed by atoms with van der Waals surface area (Å²) in [6.45, 7) is 2.81. The van der Waals surface area contributed by atoms with Gasteiger partial charge in [-0.1, -0.05) is 48.0 Å². The second-order valence-electron chi connectivity index (χ2n) is 9.34. The molecule has 1 heterocycles. The van der Waals surface area contributed by atoms with Gasteiger partial charge in [-0.2, -0.15) is 0 Å². The largest absolute Gasteiger partial charge is 0.370 e. The number of carbonyl (C=O) groups excluding carboxylic acids is 2. The second-order valence-corrected chi connectivity index (χ2v) is 11.5. The van der Waals surface area contributed by atoms with Crippen molar-refractivity contribution in [3.05, 3.63) is 70.2 Å². The molecule has 0 bridgehead atoms. The van der Waals surface area contributed by atoms with Crippen molar-refractivity contribution in [2.75, 3.05) is 13.1 Å². The van der Waals surface area contributed by atoms with E-state index in [-0.39, 0.29) is 37.1 Å². The van der Waals surface area contributed by atoms with Crippen LogP contribution >= 0.6 is 11.6 Å². The van der Waals surface area contributed by atoms with Gasteiger partial charge in [0.1, 0.15) is 12.1 Å². The minimum atomic E-state index is -3.85. The van der Waals surface area contributed by atoms with Crippen molar-refractivity contribution in [1.29, 1.82) is 0 Å². The topological polar surface area (TPSA) is 160 Å². The number of carbonyl (C=O) groups is 2. The molecule has 0 aromatic heterocycles. The molecule has 0 unspecified atom stereocenters. The van der Waals surface area contributed by atoms with Gasteiger partial charge in [-0.05, 0) is 61.4 Å². The lowest BCUT2D eigenvalue weighted by atomic mass is 10.1. The maximum Gasteiger partial charge on any atom is 0.243 e. The Labute approximate surface area is 228 Å². The third-order valence-electron chi connectivity index (χ3n) is 6.37. The molecule has 2 amide bonds. The van der Waals surface area contributed by atoms with Crippen LogP contribution in [0, 0.1) is 6.92 Å². The molecule has 3 rings (SSSR count). The van der Waals surface area contributed by atoms with Gasteiger partial charge in [0.2, 0.25) is 21.8 Å². The number of guanidine groups is 1. The van der Waals surface area contributed by atoms with Gasteiger partial charge >= 0.3 is 0 Å². The number of hydrogen-bond donors (Lipinski definition) is 4. The van der Waals surface area contributed by atoms with E-state index in [0.29, 0.717) is 36.4 Å². The Kier molecular flexibility index (Phi) is 10.5. The van der Waals surface area contributed by atoms with E-state index in [1.807, 2.05) is 13.0 Å². The van der Waals surface area contributed by atoms with E-state index < -0.39 is 28.0 Å². The molecular weight excluding hydrogens is 528 g/mol. The standard InChI is InChI=1S/C26H35ClN6O4S/c1-18-11-12-21(27)15-20(18)16-31-24(34)23-10-6-14-33(23)25(35)22(9-5-13-30-26(28)29)32-38(36,37)17-19-7-3-2-4-8-19/h2-4,7-8,11-12,15,22-23,32H,5-6,9-10,13-14,16-17H2,1H3,(H,31,34)(H4,28,29,30)/t22-,23+/m1/s1. The molecule has 0 spiro atoms. The smallest absolute Gasteiger partial charge is 0.243 e. The van der Waals surface area contributed by atoms with E-state index in [2.05, 4.69) is 15.0 Å². The lowest BCUT2D eigenvalue weighted by Crippen LogP contribution is -2.53. The number of benzene rings is 2. The van der Waals surface area contributed by atoms with Gasteiger partial charge in [0.15, 0.2) is 5.96 Å². The molecule has 1 fully saturated rings. The Hall–Kier alpha value is -3.15. The Morgan fingerprint density at radius 2 is 1.92 bits per heavy atom. The molecule has 0 radical (unpaired) electrons. The first-order valence-electron chi connectivity index (χ1n) is 12.5. The molecule has 2 aromatic rings. The number of nitrogens with zero attached hydrogens (tertiary/aromatic N) is 2. The van der Waals surface area contributed by atoms with Crippen molar-refractivity contribution in [2.24, 2.45) is 16.5 Å². The second kappa shape index (κ2) is 13.6. The summed E-state index contributed by atoms with van der Waals surface area (Å²) in [7, 11) is -3.85. The lowest BCUT2D eigenvalue weighted by Gasteiger charge is -2.28. The summed E-state index contributed by atoms with van der Waals surface area (Å²) >= 11 is 6.09. The van der Waals surface area contributed by atoms with Crippen molar-refractivity contribution < 1.29 is 18.0 Å². The highest BCUT2D eigenvalue weighted by Crippen LogP contribution is 2.21. The molecule has 10 nitrogen and oxygen atoms in total. The van der Waals surface area contributed by atoms with Crippen LogP contribution < -0.4 is 21.5 Å². The van der Waals surface area contributed by atoms with Crippen molar-refractivity contribution >= 4 is 39.4 Å². The van der Waals surface area contributed by atoms with Crippen molar-refractivity contribution in [3.8, 4) is 0 Å². The van der Waals surface area contributed by atoms with Gasteiger partial charge in [-0.15, -0.1) is 0 Å². The van der Waals surface area contributed by atoms with Crippen LogP contribution in [-0.4, -0.2) is 56.3 Å². The number of nitrogens with two attached hydrogens (primary N) is 2. The highest BCUT2D eigenvalue weighted by Gasteiger charge is 2.38. The molecule has 0 aliphatic carbocycles. The highest BCUT2D eigenvalue weighted by atomic mass is 35.5. The molecule has 6 N–H and O–H groups in total. The summed E-state index contributed by atoms with van der Waals surface area (Å²) in [4.78, 5) is 32.1. The normalized spacial score (nSPS) is 16.2. The van der Waals surface area contributed by atoms with Crippen LogP contribution in [0.5, 0.6) is 0 Å². The van der Waals surface area contributed by atoms with Gasteiger partial charge in [-0.25, -0.2) is 13.1 Å². The first kappa shape index (κ1) is 29.4. The van der Waals surface area contributed by atoms with Gasteiger partial charge in [0.05, 0.1) is 5.75 Å². The summed E-state index contributed by atoms with van der Waals surface area (Å²) in [5, 5.41) is 3.48. The SMILES string of the molecule is Cc1ccc(Cl)cc1CNC(=O)[C@@H]1CCCN1C(=O)[C@@H](CCCN=C(N)N)NS(=O)(=O)Cc1ccccc1. The summed E-state index contributed by atoms with van der Waals surface area (Å²) < 4.78 is 28.5. The summed E-state index contributed by atoms with van der Waals surface area (Å²) in [5.74, 6) is -1.08. The van der Waals surface area contributed by atoms with E-state index in [1.165, 1.54) is 4.90 Å². The van der Waals surface area contributed by atoms with Crippen LogP contribution in [-0.2, 0) is 31.9 Å². The Morgan fingerprint density at radius 3 is 2.63 bits per heavy atom. The summed E-state index contributed by atoms with van der Waals surface area (Å²) in [6, 6.07) is 12.4. The number of sulfonamides is 1. The summed E-state index contributed by atoms with van der Waals surface area (Å²) in [5.41, 5.74) is 13.2. The molecule has 1 aliphatic heterocycles. The van der Waals surface area contributed by atoms with Gasteiger partial charge in [0, 0.05) is 24.7 Å². The van der Waals surface area contributed by atoms with Crippen LogP contribution in [0.3, 0.4) is 0 Å². The Bertz CT molecular complexity index is 1250. The van der Waals surface area contributed by atoms with Crippen LogP contribution in [0.15, 0.2) is 53.5 Å². The average Bonchev–Trinajstić information content (AvgIpc) is 3.36. The molecule has 206 valence electrons. The Balaban J connectivity index is 1.71. The number of halogens is 1. The minimum absolute atomic E-state index is 0.0799. The number of hydrogen-bond acceptors (Lipinski definition) is 5. The predicted octanol–water partition coefficient (Wildman–Crippen LogP) is 1.80. The van der Waals surface area contributed by atoms with Crippen molar-refractivity contribution in [3.63, 3.8) is 0 Å². The maximum atomic E-state index is 13.6. The predicted molar refractivity (Wildman–Crippen MR) is 149 cm³/mol. The van der Waals surface area contributed by atoms with Crippen LogP contribution in [0.1, 0.15) is 42.4 Å². The number of aliphatic imine (C=N–C) groups is 1. The zero-order valence-electron chi connectivity index (χ0n) is 21.4. The van der Waals surface area contributed by atoms with E-state index >= 15 is 0 Å². The number of nitrogens with one attached hydrogen (secondary N) is 2. The molecule has 38 heavy (non-hydrogen) atoms. The van der Waals surface area contributed by atoms with Gasteiger partial charge in [-0.3, -0.25) is 14.6 Å². The molecule has 1 aliphatic rings. The zero-order chi connectivity index (χ0) is 27.7. The minimum Gasteiger partial charge on any atom is -0.370 e. The fraction of sp³-hybridized carbons (Fsp3) is 0.423. The lowest BCUT2D eigenvalue weighted by molar-refractivity contribution is -0.139. The molecule has 2 aromatic carbocycles. The van der Waals surface area contributed by atoms with Crippen LogP contribution in [0.2, 0.25) is 5.02 Å². The van der Waals surface area contributed by atoms with Crippen LogP contribution in [0.4, 0.5) is 0 Å². The molecule has 12 heteroatoms. The quantitative estimate of drug-likeness (QED) is 0.175. The molecule has 1 saturated heterocycles. The van der Waals surface area contributed by atoms with E-state index in [9.17, 15) is 18.0 Å². The van der Waals surface area contributed by atoms with Crippen LogP contribution in [0.25, 0.3) is 0 Å². The monoisotopic (exact) mass is 562 g/mol. The third-order valence-corrected chi connectivity index (χ3v) is 7.96.